The van der Waals surface area contributed by atoms with Crippen molar-refractivity contribution in [3.05, 3.63) is 94.8 Å². The van der Waals surface area contributed by atoms with E-state index in [4.69, 9.17) is 10.00 Å². The van der Waals surface area contributed by atoms with E-state index in [1.165, 1.54) is 17.3 Å². The number of hydrogen-bond donors (Lipinski definition) is 1. The summed E-state index contributed by atoms with van der Waals surface area (Å²) in [5.41, 5.74) is 3.86. The van der Waals surface area contributed by atoms with Crippen LogP contribution < -0.4 is 10.1 Å². The molecule has 0 spiro atoms. The molecule has 1 N–H and O–H groups in total. The molecule has 2 aliphatic heterocycles. The molecule has 0 radical (unpaired) electrons. The Morgan fingerprint density at radius 1 is 0.950 bits per heavy atom. The molecule has 0 unspecified atom stereocenters. The molecule has 40 heavy (non-hydrogen) atoms. The zero-order chi connectivity index (χ0) is 27.9. The quantitative estimate of drug-likeness (QED) is 0.482. The standard InChI is InChI=1S/C32H35N5O3/c1-23-2-9-28(10-3-23)40-29-14-18-37(19-15-29)32(39)30-11-8-26(21-34-30)31(38)35-27-12-16-36(17-13-27)22-25-6-4-24(20-33)5-7-25/h2-11,21,27,29H,12-19,22H2,1H3,(H,35,38). The van der Waals surface area contributed by atoms with E-state index in [1.54, 1.807) is 12.1 Å². The van der Waals surface area contributed by atoms with Crippen LogP contribution in [0.15, 0.2) is 66.9 Å². The smallest absolute Gasteiger partial charge is 0.272 e. The molecular formula is C32H35N5O3. The number of hydrogen-bond acceptors (Lipinski definition) is 6. The Hall–Kier alpha value is -4.22. The summed E-state index contributed by atoms with van der Waals surface area (Å²) in [6, 6.07) is 21.3. The van der Waals surface area contributed by atoms with Gasteiger partial charge in [0.25, 0.3) is 11.8 Å². The Bertz CT molecular complexity index is 1330. The lowest BCUT2D eigenvalue weighted by molar-refractivity contribution is 0.0589. The maximum atomic E-state index is 13.0. The Labute approximate surface area is 235 Å². The summed E-state index contributed by atoms with van der Waals surface area (Å²) >= 11 is 0. The van der Waals surface area contributed by atoms with Gasteiger partial charge in [0.15, 0.2) is 0 Å². The van der Waals surface area contributed by atoms with E-state index in [0.717, 1.165) is 51.1 Å². The summed E-state index contributed by atoms with van der Waals surface area (Å²) in [5, 5.41) is 12.1. The van der Waals surface area contributed by atoms with Crippen molar-refractivity contribution in [1.29, 1.82) is 5.26 Å². The molecule has 2 amide bonds. The lowest BCUT2D eigenvalue weighted by Crippen LogP contribution is -2.44. The number of pyridine rings is 1. The first-order valence-corrected chi connectivity index (χ1v) is 14.0. The predicted molar refractivity (Wildman–Crippen MR) is 152 cm³/mol. The van der Waals surface area contributed by atoms with E-state index in [-0.39, 0.29) is 24.0 Å². The summed E-state index contributed by atoms with van der Waals surface area (Å²) in [7, 11) is 0. The van der Waals surface area contributed by atoms with Crippen molar-refractivity contribution in [1.82, 2.24) is 20.1 Å². The number of carbonyl (C=O) groups excluding carboxylic acids is 2. The first-order chi connectivity index (χ1) is 19.5. The Balaban J connectivity index is 1.05. The number of aromatic nitrogens is 1. The first-order valence-electron chi connectivity index (χ1n) is 14.0. The molecule has 2 aromatic carbocycles. The van der Waals surface area contributed by atoms with E-state index >= 15 is 0 Å². The van der Waals surface area contributed by atoms with Crippen molar-refractivity contribution >= 4 is 11.8 Å². The number of nitriles is 1. The third kappa shape index (κ3) is 7.04. The Kier molecular flexibility index (Phi) is 8.72. The highest BCUT2D eigenvalue weighted by molar-refractivity contribution is 5.96. The molecule has 0 saturated carbocycles. The van der Waals surface area contributed by atoms with Crippen LogP contribution in [0.3, 0.4) is 0 Å². The number of rotatable bonds is 7. The number of carbonyl (C=O) groups is 2. The lowest BCUT2D eigenvalue weighted by atomic mass is 10.0. The van der Waals surface area contributed by atoms with Gasteiger partial charge in [-0.1, -0.05) is 29.8 Å². The maximum Gasteiger partial charge on any atom is 0.272 e. The van der Waals surface area contributed by atoms with E-state index in [2.05, 4.69) is 21.3 Å². The minimum absolute atomic E-state index is 0.0913. The molecule has 1 aromatic heterocycles. The molecule has 2 aliphatic rings. The van der Waals surface area contributed by atoms with Gasteiger partial charge in [-0.05, 0) is 61.7 Å². The molecule has 0 aliphatic carbocycles. The molecule has 3 aromatic rings. The minimum Gasteiger partial charge on any atom is -0.490 e. The van der Waals surface area contributed by atoms with Crippen molar-refractivity contribution in [3.63, 3.8) is 0 Å². The number of aryl methyl sites for hydroxylation is 1. The monoisotopic (exact) mass is 537 g/mol. The van der Waals surface area contributed by atoms with E-state index in [1.807, 2.05) is 60.4 Å². The number of likely N-dealkylation sites (tertiary alicyclic amines) is 2. The zero-order valence-electron chi connectivity index (χ0n) is 22.9. The van der Waals surface area contributed by atoms with Gasteiger partial charge < -0.3 is 15.0 Å². The number of amides is 2. The van der Waals surface area contributed by atoms with Crippen LogP contribution in [0.5, 0.6) is 5.75 Å². The number of benzene rings is 2. The fraction of sp³-hybridized carbons (Fsp3) is 0.375. The van der Waals surface area contributed by atoms with Gasteiger partial charge in [-0.3, -0.25) is 19.5 Å². The van der Waals surface area contributed by atoms with E-state index in [0.29, 0.717) is 29.9 Å². The minimum atomic E-state index is -0.161. The average Bonchev–Trinajstić information content (AvgIpc) is 3.00. The van der Waals surface area contributed by atoms with Gasteiger partial charge in [0.05, 0.1) is 17.2 Å². The first kappa shape index (κ1) is 27.4. The Morgan fingerprint density at radius 3 is 2.27 bits per heavy atom. The second-order valence-electron chi connectivity index (χ2n) is 10.7. The van der Waals surface area contributed by atoms with Crippen molar-refractivity contribution < 1.29 is 14.3 Å². The molecule has 2 fully saturated rings. The normalized spacial score (nSPS) is 16.8. The predicted octanol–water partition coefficient (Wildman–Crippen LogP) is 4.34. The van der Waals surface area contributed by atoms with E-state index < -0.39 is 0 Å². The van der Waals surface area contributed by atoms with Crippen LogP contribution in [0.25, 0.3) is 0 Å². The van der Waals surface area contributed by atoms with Crippen molar-refractivity contribution in [2.24, 2.45) is 0 Å². The highest BCUT2D eigenvalue weighted by Gasteiger charge is 2.26. The van der Waals surface area contributed by atoms with Crippen molar-refractivity contribution in [2.45, 2.75) is 51.3 Å². The van der Waals surface area contributed by atoms with Gasteiger partial charge in [0.2, 0.25) is 0 Å². The number of nitrogens with one attached hydrogen (secondary N) is 1. The summed E-state index contributed by atoms with van der Waals surface area (Å²) in [4.78, 5) is 34.3. The Morgan fingerprint density at radius 2 is 1.65 bits per heavy atom. The number of ether oxygens (including phenoxy) is 1. The molecular weight excluding hydrogens is 502 g/mol. The molecule has 5 rings (SSSR count). The van der Waals surface area contributed by atoms with Crippen LogP contribution in [0.2, 0.25) is 0 Å². The topological polar surface area (TPSA) is 98.6 Å². The SMILES string of the molecule is Cc1ccc(OC2CCN(C(=O)c3ccc(C(=O)NC4CCN(Cc5ccc(C#N)cc5)CC4)cn3)CC2)cc1. The van der Waals surface area contributed by atoms with E-state index in [9.17, 15) is 9.59 Å². The van der Waals surface area contributed by atoms with Crippen LogP contribution in [-0.2, 0) is 6.54 Å². The maximum absolute atomic E-state index is 13.0. The van der Waals surface area contributed by atoms with Gasteiger partial charge in [0, 0.05) is 57.8 Å². The molecule has 8 heteroatoms. The fourth-order valence-corrected chi connectivity index (χ4v) is 5.25. The number of nitrogens with zero attached hydrogens (tertiary/aromatic N) is 4. The fourth-order valence-electron chi connectivity index (χ4n) is 5.25. The van der Waals surface area contributed by atoms with Crippen LogP contribution in [0.4, 0.5) is 0 Å². The van der Waals surface area contributed by atoms with Crippen molar-refractivity contribution in [2.75, 3.05) is 26.2 Å². The summed E-state index contributed by atoms with van der Waals surface area (Å²) in [5.74, 6) is 0.584. The third-order valence-corrected chi connectivity index (χ3v) is 7.71. The second kappa shape index (κ2) is 12.8. The van der Waals surface area contributed by atoms with Crippen LogP contribution in [0.1, 0.15) is 63.2 Å². The van der Waals surface area contributed by atoms with Gasteiger partial charge >= 0.3 is 0 Å². The lowest BCUT2D eigenvalue weighted by Gasteiger charge is -2.32. The molecule has 0 atom stereocenters. The van der Waals surface area contributed by atoms with Crippen LogP contribution in [-0.4, -0.2) is 64.9 Å². The second-order valence-corrected chi connectivity index (χ2v) is 10.7. The van der Waals surface area contributed by atoms with Gasteiger partial charge in [-0.2, -0.15) is 5.26 Å². The molecule has 206 valence electrons. The summed E-state index contributed by atoms with van der Waals surface area (Å²) < 4.78 is 6.08. The van der Waals surface area contributed by atoms with Gasteiger partial charge in [0.1, 0.15) is 17.5 Å². The molecule has 3 heterocycles. The molecule has 8 nitrogen and oxygen atoms in total. The summed E-state index contributed by atoms with van der Waals surface area (Å²) in [6.45, 7) is 5.90. The summed E-state index contributed by atoms with van der Waals surface area (Å²) in [6.07, 6.45) is 4.87. The third-order valence-electron chi connectivity index (χ3n) is 7.71. The largest absolute Gasteiger partial charge is 0.490 e. The van der Waals surface area contributed by atoms with Gasteiger partial charge in [-0.25, -0.2) is 0 Å². The highest BCUT2D eigenvalue weighted by atomic mass is 16.5. The van der Waals surface area contributed by atoms with Crippen LogP contribution >= 0.6 is 0 Å². The number of piperidine rings is 2. The van der Waals surface area contributed by atoms with Crippen LogP contribution in [0, 0.1) is 18.3 Å². The molecule has 2 saturated heterocycles. The average molecular weight is 538 g/mol. The zero-order valence-corrected chi connectivity index (χ0v) is 22.9. The van der Waals surface area contributed by atoms with Crippen molar-refractivity contribution in [3.8, 4) is 11.8 Å². The molecule has 0 bridgehead atoms. The van der Waals surface area contributed by atoms with Gasteiger partial charge in [-0.15, -0.1) is 0 Å². The highest BCUT2D eigenvalue weighted by Crippen LogP contribution is 2.21.